The number of piperidine rings is 1. The number of carbonyl (C=O) groups excluding carboxylic acids is 1. The first kappa shape index (κ1) is 17.5. The molecular weight excluding hydrogens is 290 g/mol. The zero-order chi connectivity index (χ0) is 17.0. The number of aliphatic carboxylic acids is 1. The highest BCUT2D eigenvalue weighted by molar-refractivity contribution is 5.83. The third-order valence-electron chi connectivity index (χ3n) is 5.55. The zero-order valence-corrected chi connectivity index (χ0v) is 14.3. The van der Waals surface area contributed by atoms with Crippen molar-refractivity contribution in [3.63, 3.8) is 0 Å². The van der Waals surface area contributed by atoms with Crippen LogP contribution in [0.2, 0.25) is 0 Å². The molecule has 2 rings (SSSR count). The molecule has 0 aliphatic carbocycles. The lowest BCUT2D eigenvalue weighted by molar-refractivity contribution is -0.149. The number of rotatable bonds is 5. The maximum atomic E-state index is 12.6. The van der Waals surface area contributed by atoms with Crippen LogP contribution in [-0.2, 0) is 15.0 Å². The van der Waals surface area contributed by atoms with Gasteiger partial charge in [0.15, 0.2) is 0 Å². The number of hydrogen-bond donors (Lipinski definition) is 1. The van der Waals surface area contributed by atoms with Crippen molar-refractivity contribution in [2.45, 2.75) is 45.4 Å². The van der Waals surface area contributed by atoms with Gasteiger partial charge in [0.1, 0.15) is 0 Å². The number of benzene rings is 1. The number of carboxylic acid groups (broad SMARTS) is 1. The molecular formula is C19H27NO3. The molecule has 23 heavy (non-hydrogen) atoms. The van der Waals surface area contributed by atoms with Crippen molar-refractivity contribution in [3.05, 3.63) is 35.9 Å². The number of hydrogen-bond acceptors (Lipinski definition) is 2. The monoisotopic (exact) mass is 317 g/mol. The van der Waals surface area contributed by atoms with Crippen LogP contribution in [0.15, 0.2) is 30.3 Å². The Bertz CT molecular complexity index is 547. The Hall–Kier alpha value is -1.84. The summed E-state index contributed by atoms with van der Waals surface area (Å²) in [6.07, 6.45) is 1.93. The van der Waals surface area contributed by atoms with Gasteiger partial charge in [-0.1, -0.05) is 57.5 Å². The molecule has 126 valence electrons. The van der Waals surface area contributed by atoms with Crippen LogP contribution in [-0.4, -0.2) is 35.0 Å². The molecule has 0 aromatic heterocycles. The Morgan fingerprint density at radius 1 is 1.17 bits per heavy atom. The maximum absolute atomic E-state index is 12.6. The average molecular weight is 317 g/mol. The number of amides is 1. The molecule has 2 atom stereocenters. The molecule has 1 aromatic rings. The molecule has 2 unspecified atom stereocenters. The van der Waals surface area contributed by atoms with E-state index in [1.165, 1.54) is 0 Å². The van der Waals surface area contributed by atoms with Gasteiger partial charge < -0.3 is 10.0 Å². The smallest absolute Gasteiger partial charge is 0.314 e. The molecule has 0 spiro atoms. The van der Waals surface area contributed by atoms with E-state index >= 15 is 0 Å². The van der Waals surface area contributed by atoms with E-state index in [4.69, 9.17) is 0 Å². The van der Waals surface area contributed by atoms with Gasteiger partial charge in [-0.2, -0.15) is 0 Å². The predicted molar refractivity (Wildman–Crippen MR) is 90.2 cm³/mol. The van der Waals surface area contributed by atoms with Crippen LogP contribution in [0.3, 0.4) is 0 Å². The van der Waals surface area contributed by atoms with Crippen molar-refractivity contribution in [3.8, 4) is 0 Å². The average Bonchev–Trinajstić information content (AvgIpc) is 2.60. The molecule has 0 radical (unpaired) electrons. The number of nitrogens with zero attached hydrogens (tertiary/aromatic N) is 1. The second-order valence-electron chi connectivity index (χ2n) is 6.75. The minimum Gasteiger partial charge on any atom is -0.481 e. The molecule has 1 heterocycles. The molecule has 1 amide bonds. The summed E-state index contributed by atoms with van der Waals surface area (Å²) in [5.74, 6) is -0.283. The number of carboxylic acids is 1. The van der Waals surface area contributed by atoms with Gasteiger partial charge in [-0.05, 0) is 24.3 Å². The van der Waals surface area contributed by atoms with E-state index in [1.54, 1.807) is 0 Å². The summed E-state index contributed by atoms with van der Waals surface area (Å²) in [5.41, 5.74) is -0.0212. The lowest BCUT2D eigenvalue weighted by Gasteiger charge is -2.40. The topological polar surface area (TPSA) is 57.6 Å². The molecule has 1 aromatic carbocycles. The van der Waals surface area contributed by atoms with Crippen LogP contribution in [0.4, 0.5) is 0 Å². The van der Waals surface area contributed by atoms with E-state index < -0.39 is 11.4 Å². The largest absolute Gasteiger partial charge is 0.481 e. The molecule has 4 nitrogen and oxygen atoms in total. The van der Waals surface area contributed by atoms with Gasteiger partial charge in [0.25, 0.3) is 0 Å². The summed E-state index contributed by atoms with van der Waals surface area (Å²) in [4.78, 5) is 26.4. The highest BCUT2D eigenvalue weighted by atomic mass is 16.4. The third-order valence-corrected chi connectivity index (χ3v) is 5.55. The first-order valence-electron chi connectivity index (χ1n) is 8.50. The molecule has 1 saturated heterocycles. The standard InChI is InChI=1S/C19H27NO3/c1-4-14(2)15(3)17(21)20-12-10-19(11-13-20,18(22)23)16-8-6-5-7-9-16/h5-9,14-15H,4,10-13H2,1-3H3,(H,22,23). The lowest BCUT2D eigenvalue weighted by Crippen LogP contribution is -2.50. The summed E-state index contributed by atoms with van der Waals surface area (Å²) in [5, 5.41) is 9.80. The minimum absolute atomic E-state index is 0.00551. The summed E-state index contributed by atoms with van der Waals surface area (Å²) in [7, 11) is 0. The van der Waals surface area contributed by atoms with Crippen molar-refractivity contribution in [2.24, 2.45) is 11.8 Å². The van der Waals surface area contributed by atoms with E-state index in [2.05, 4.69) is 13.8 Å². The molecule has 4 heteroatoms. The van der Waals surface area contributed by atoms with E-state index in [1.807, 2.05) is 42.2 Å². The first-order chi connectivity index (χ1) is 10.9. The highest BCUT2D eigenvalue weighted by Gasteiger charge is 2.44. The fourth-order valence-corrected chi connectivity index (χ4v) is 3.38. The Balaban J connectivity index is 2.12. The van der Waals surface area contributed by atoms with E-state index in [-0.39, 0.29) is 11.8 Å². The summed E-state index contributed by atoms with van der Waals surface area (Å²) in [6.45, 7) is 7.20. The Kier molecular flexibility index (Phi) is 5.45. The van der Waals surface area contributed by atoms with Crippen molar-refractivity contribution >= 4 is 11.9 Å². The van der Waals surface area contributed by atoms with Crippen LogP contribution in [0.25, 0.3) is 0 Å². The highest BCUT2D eigenvalue weighted by Crippen LogP contribution is 2.36. The number of likely N-dealkylation sites (tertiary alicyclic amines) is 1. The minimum atomic E-state index is -0.863. The van der Waals surface area contributed by atoms with Gasteiger partial charge in [0.2, 0.25) is 5.91 Å². The van der Waals surface area contributed by atoms with Crippen molar-refractivity contribution in [1.82, 2.24) is 4.90 Å². The number of carbonyl (C=O) groups is 2. The molecule has 1 aliphatic heterocycles. The van der Waals surface area contributed by atoms with Crippen molar-refractivity contribution in [2.75, 3.05) is 13.1 Å². The molecule has 1 aliphatic rings. The molecule has 1 fully saturated rings. The van der Waals surface area contributed by atoms with Gasteiger partial charge in [-0.15, -0.1) is 0 Å². The first-order valence-corrected chi connectivity index (χ1v) is 8.50. The Labute approximate surface area is 138 Å². The lowest BCUT2D eigenvalue weighted by atomic mass is 9.72. The van der Waals surface area contributed by atoms with Gasteiger partial charge in [0.05, 0.1) is 5.41 Å². The zero-order valence-electron chi connectivity index (χ0n) is 14.3. The third kappa shape index (κ3) is 3.41. The van der Waals surface area contributed by atoms with Gasteiger partial charge in [-0.25, -0.2) is 0 Å². The summed E-state index contributed by atoms with van der Waals surface area (Å²) < 4.78 is 0. The van der Waals surface area contributed by atoms with Gasteiger partial charge in [0, 0.05) is 19.0 Å². The van der Waals surface area contributed by atoms with Gasteiger partial charge >= 0.3 is 5.97 Å². The normalized spacial score (nSPS) is 19.9. The molecule has 1 N–H and O–H groups in total. The van der Waals surface area contributed by atoms with E-state index in [0.29, 0.717) is 31.8 Å². The summed E-state index contributed by atoms with van der Waals surface area (Å²) in [6, 6.07) is 9.41. The Morgan fingerprint density at radius 3 is 2.22 bits per heavy atom. The van der Waals surface area contributed by atoms with Crippen LogP contribution in [0.5, 0.6) is 0 Å². The Morgan fingerprint density at radius 2 is 1.74 bits per heavy atom. The second-order valence-corrected chi connectivity index (χ2v) is 6.75. The molecule has 0 bridgehead atoms. The fraction of sp³-hybridized carbons (Fsp3) is 0.579. The fourth-order valence-electron chi connectivity index (χ4n) is 3.38. The summed E-state index contributed by atoms with van der Waals surface area (Å²) >= 11 is 0. The quantitative estimate of drug-likeness (QED) is 0.906. The van der Waals surface area contributed by atoms with E-state index in [0.717, 1.165) is 12.0 Å². The van der Waals surface area contributed by atoms with Gasteiger partial charge in [-0.3, -0.25) is 9.59 Å². The van der Waals surface area contributed by atoms with Crippen molar-refractivity contribution in [1.29, 1.82) is 0 Å². The van der Waals surface area contributed by atoms with Crippen LogP contribution >= 0.6 is 0 Å². The second kappa shape index (κ2) is 7.16. The van der Waals surface area contributed by atoms with Crippen LogP contribution < -0.4 is 0 Å². The van der Waals surface area contributed by atoms with Crippen molar-refractivity contribution < 1.29 is 14.7 Å². The molecule has 0 saturated carbocycles. The van der Waals surface area contributed by atoms with E-state index in [9.17, 15) is 14.7 Å². The predicted octanol–water partition coefficient (Wildman–Crippen LogP) is 3.31. The van der Waals surface area contributed by atoms with Crippen LogP contribution in [0.1, 0.15) is 45.6 Å². The SMILES string of the molecule is CCC(C)C(C)C(=O)N1CCC(C(=O)O)(c2ccccc2)CC1. The van der Waals surface area contributed by atoms with Crippen LogP contribution in [0, 0.1) is 11.8 Å². The maximum Gasteiger partial charge on any atom is 0.314 e.